The maximum Gasteiger partial charge on any atom is 0.327 e. The van der Waals surface area contributed by atoms with E-state index < -0.39 is 22.8 Å². The van der Waals surface area contributed by atoms with E-state index in [1.165, 1.54) is 22.2 Å². The summed E-state index contributed by atoms with van der Waals surface area (Å²) in [7, 11) is 0. The maximum absolute atomic E-state index is 11.4. The normalized spacial score (nSPS) is 29.0. The van der Waals surface area contributed by atoms with Gasteiger partial charge in [0.25, 0.3) is 0 Å². The van der Waals surface area contributed by atoms with Gasteiger partial charge in [-0.2, -0.15) is 0 Å². The van der Waals surface area contributed by atoms with Gasteiger partial charge in [0.15, 0.2) is 0 Å². The average Bonchev–Trinajstić information content (AvgIpc) is 2.69. The van der Waals surface area contributed by atoms with Crippen molar-refractivity contribution in [3.8, 4) is 0 Å². The lowest BCUT2D eigenvalue weighted by Crippen LogP contribution is -2.68. The van der Waals surface area contributed by atoms with Crippen LogP contribution in [-0.4, -0.2) is 44.1 Å². The summed E-state index contributed by atoms with van der Waals surface area (Å²) in [6, 6.07) is 8.99. The minimum Gasteiger partial charge on any atom is -0.480 e. The Balaban J connectivity index is 0.000000194. The van der Waals surface area contributed by atoms with E-state index >= 15 is 0 Å². The predicted octanol–water partition coefficient (Wildman–Crippen LogP) is 1.46. The number of nitrogens with two attached hydrogens (primary N) is 1. The van der Waals surface area contributed by atoms with E-state index in [1.807, 2.05) is 32.0 Å². The smallest absolute Gasteiger partial charge is 0.327 e. The van der Waals surface area contributed by atoms with Crippen molar-refractivity contribution in [3.63, 3.8) is 0 Å². The van der Waals surface area contributed by atoms with Crippen LogP contribution >= 0.6 is 11.8 Å². The molecule has 0 saturated carbocycles. The highest BCUT2D eigenvalue weighted by Crippen LogP contribution is 2.50. The largest absolute Gasteiger partial charge is 0.480 e. The van der Waals surface area contributed by atoms with Crippen molar-refractivity contribution in [1.82, 2.24) is 4.90 Å². The number of fused-ring (bicyclic) bond motifs is 1. The molecule has 0 radical (unpaired) electrons. The third kappa shape index (κ3) is 2.91. The van der Waals surface area contributed by atoms with Gasteiger partial charge in [0.2, 0.25) is 5.91 Å². The summed E-state index contributed by atoms with van der Waals surface area (Å²) in [6.45, 7) is 5.74. The van der Waals surface area contributed by atoms with E-state index in [9.17, 15) is 9.59 Å². The number of aryl methyl sites for hydroxylation is 1. The lowest BCUT2D eigenvalue weighted by molar-refractivity contribution is -0.159. The molecule has 2 saturated heterocycles. The van der Waals surface area contributed by atoms with Crippen LogP contribution in [0, 0.1) is 6.92 Å². The molecule has 0 aliphatic carbocycles. The number of carbonyl (C=O) groups excluding carboxylic acids is 1. The third-order valence-electron chi connectivity index (χ3n) is 3.66. The molecular weight excluding hydrogens is 288 g/mol. The second-order valence-corrected chi connectivity index (χ2v) is 7.55. The Morgan fingerprint density at radius 2 is 1.90 bits per heavy atom. The van der Waals surface area contributed by atoms with Crippen LogP contribution in [0.1, 0.15) is 19.4 Å². The molecule has 2 aliphatic heterocycles. The van der Waals surface area contributed by atoms with Crippen LogP contribution in [0.5, 0.6) is 0 Å². The first-order valence-corrected chi connectivity index (χ1v) is 7.63. The fraction of sp³-hybridized carbons (Fsp3) is 0.467. The van der Waals surface area contributed by atoms with Crippen LogP contribution in [0.25, 0.3) is 0 Å². The summed E-state index contributed by atoms with van der Waals surface area (Å²) in [5, 5.41) is 8.87. The predicted molar refractivity (Wildman–Crippen MR) is 82.9 cm³/mol. The molecule has 1 amide bonds. The van der Waals surface area contributed by atoms with Crippen molar-refractivity contribution in [2.75, 3.05) is 0 Å². The van der Waals surface area contributed by atoms with Crippen molar-refractivity contribution in [2.24, 2.45) is 5.73 Å². The molecule has 1 unspecified atom stereocenters. The lowest BCUT2D eigenvalue weighted by Gasteiger charge is -2.41. The van der Waals surface area contributed by atoms with Gasteiger partial charge in [0, 0.05) is 4.75 Å². The molecule has 3 rings (SSSR count). The highest BCUT2D eigenvalue weighted by atomic mass is 32.2. The first kappa shape index (κ1) is 15.9. The molecule has 0 aromatic heterocycles. The molecule has 1 aromatic carbocycles. The van der Waals surface area contributed by atoms with Gasteiger partial charge in [0.1, 0.15) is 17.5 Å². The molecule has 1 aromatic rings. The maximum atomic E-state index is 11.4. The van der Waals surface area contributed by atoms with Crippen LogP contribution in [0.2, 0.25) is 0 Å². The molecule has 6 heteroatoms. The molecule has 0 spiro atoms. The van der Waals surface area contributed by atoms with Gasteiger partial charge in [-0.15, -0.1) is 11.8 Å². The van der Waals surface area contributed by atoms with Gasteiger partial charge in [-0.1, -0.05) is 35.9 Å². The Kier molecular flexibility index (Phi) is 4.30. The SMILES string of the molecule is CC1(C)S[C@@H]2C(N)C(=O)N2[C@H]1C(=O)O.Cc1ccccc1. The van der Waals surface area contributed by atoms with E-state index in [0.717, 1.165) is 0 Å². The number of rotatable bonds is 1. The number of carbonyl (C=O) groups is 2. The van der Waals surface area contributed by atoms with Gasteiger partial charge in [-0.25, -0.2) is 4.79 Å². The zero-order valence-corrected chi connectivity index (χ0v) is 13.1. The number of carboxylic acids is 1. The molecule has 2 fully saturated rings. The Hall–Kier alpha value is -1.53. The number of thioether (sulfide) groups is 1. The Morgan fingerprint density at radius 1 is 1.33 bits per heavy atom. The standard InChI is InChI=1S/C8H12N2O3S.C7H8/c1-8(2)4(7(12)13)10-5(11)3(9)6(10)14-8;1-7-5-3-2-4-6-7/h3-4,6H,9H2,1-2H3,(H,12,13);2-6H,1H3/t3?,4-,6+;/m0./s1. The van der Waals surface area contributed by atoms with Crippen LogP contribution in [0.4, 0.5) is 0 Å². The molecule has 2 aliphatic rings. The zero-order valence-electron chi connectivity index (χ0n) is 12.3. The number of aliphatic carboxylic acids is 1. The first-order valence-electron chi connectivity index (χ1n) is 6.76. The van der Waals surface area contributed by atoms with Crippen LogP contribution in [0.15, 0.2) is 30.3 Å². The summed E-state index contributed by atoms with van der Waals surface area (Å²) in [5.74, 6) is -1.20. The Labute approximate surface area is 128 Å². The summed E-state index contributed by atoms with van der Waals surface area (Å²) < 4.78 is -0.458. The first-order chi connectivity index (χ1) is 9.75. The zero-order chi connectivity index (χ0) is 15.8. The van der Waals surface area contributed by atoms with Crippen molar-refractivity contribution < 1.29 is 14.7 Å². The van der Waals surface area contributed by atoms with Crippen LogP contribution in [-0.2, 0) is 9.59 Å². The Morgan fingerprint density at radius 3 is 2.33 bits per heavy atom. The van der Waals surface area contributed by atoms with Crippen LogP contribution in [0.3, 0.4) is 0 Å². The minimum atomic E-state index is -0.953. The highest BCUT2D eigenvalue weighted by Gasteiger charge is 2.62. The van der Waals surface area contributed by atoms with Crippen molar-refractivity contribution in [3.05, 3.63) is 35.9 Å². The number of hydrogen-bond donors (Lipinski definition) is 2. The Bertz CT molecular complexity index is 547. The molecule has 3 atom stereocenters. The summed E-state index contributed by atoms with van der Waals surface area (Å²) in [6.07, 6.45) is 0. The number of amides is 1. The van der Waals surface area contributed by atoms with Gasteiger partial charge in [0.05, 0.1) is 0 Å². The lowest BCUT2D eigenvalue weighted by atomic mass is 9.96. The fourth-order valence-electron chi connectivity index (χ4n) is 2.58. The van der Waals surface area contributed by atoms with Gasteiger partial charge in [-0.05, 0) is 20.8 Å². The van der Waals surface area contributed by atoms with E-state index in [-0.39, 0.29) is 11.3 Å². The fourth-order valence-corrected chi connectivity index (χ4v) is 4.14. The number of β-lactam (4-membered cyclic amide) rings is 1. The summed E-state index contributed by atoms with van der Waals surface area (Å²) in [5.41, 5.74) is 6.91. The van der Waals surface area contributed by atoms with Crippen molar-refractivity contribution in [2.45, 2.75) is 43.0 Å². The second kappa shape index (κ2) is 5.69. The van der Waals surface area contributed by atoms with Crippen molar-refractivity contribution >= 4 is 23.6 Å². The van der Waals surface area contributed by atoms with Gasteiger partial charge < -0.3 is 15.7 Å². The average molecular weight is 308 g/mol. The quantitative estimate of drug-likeness (QED) is 0.767. The molecular formula is C15H20N2O3S. The number of carboxylic acid groups (broad SMARTS) is 1. The summed E-state index contributed by atoms with van der Waals surface area (Å²) in [4.78, 5) is 23.8. The second-order valence-electron chi connectivity index (χ2n) is 5.78. The number of hydrogen-bond acceptors (Lipinski definition) is 4. The molecule has 21 heavy (non-hydrogen) atoms. The third-order valence-corrected chi connectivity index (χ3v) is 5.25. The van der Waals surface area contributed by atoms with Crippen molar-refractivity contribution in [1.29, 1.82) is 0 Å². The van der Waals surface area contributed by atoms with Gasteiger partial charge in [-0.3, -0.25) is 4.79 Å². The number of nitrogens with zero attached hydrogens (tertiary/aromatic N) is 1. The molecule has 114 valence electrons. The molecule has 0 bridgehead atoms. The topological polar surface area (TPSA) is 83.6 Å². The van der Waals surface area contributed by atoms with Gasteiger partial charge >= 0.3 is 5.97 Å². The molecule has 3 N–H and O–H groups in total. The minimum absolute atomic E-state index is 0.154. The summed E-state index contributed by atoms with van der Waals surface area (Å²) >= 11 is 1.47. The van der Waals surface area contributed by atoms with E-state index in [4.69, 9.17) is 10.8 Å². The molecule has 5 nitrogen and oxygen atoms in total. The number of benzene rings is 1. The van der Waals surface area contributed by atoms with Crippen LogP contribution < -0.4 is 5.73 Å². The highest BCUT2D eigenvalue weighted by molar-refractivity contribution is 8.01. The molecule has 2 heterocycles. The van der Waals surface area contributed by atoms with E-state index in [2.05, 4.69) is 19.1 Å². The van der Waals surface area contributed by atoms with E-state index in [0.29, 0.717) is 0 Å². The monoisotopic (exact) mass is 308 g/mol. The van der Waals surface area contributed by atoms with E-state index in [1.54, 1.807) is 0 Å².